The van der Waals surface area contributed by atoms with E-state index in [0.717, 1.165) is 12.8 Å². The quantitative estimate of drug-likeness (QED) is 0.810. The monoisotopic (exact) mass is 233 g/mol. The van der Waals surface area contributed by atoms with Gasteiger partial charge in [0, 0.05) is 22.7 Å². The summed E-state index contributed by atoms with van der Waals surface area (Å²) in [5, 5.41) is 3.85. The molecule has 2 N–H and O–H groups in total. The fourth-order valence-corrected chi connectivity index (χ4v) is 1.68. The summed E-state index contributed by atoms with van der Waals surface area (Å²) in [4.78, 5) is 4.25. The van der Waals surface area contributed by atoms with E-state index in [4.69, 9.17) is 10.3 Å². The molecule has 1 aliphatic carbocycles. The van der Waals surface area contributed by atoms with Gasteiger partial charge in [0.2, 0.25) is 11.7 Å². The van der Waals surface area contributed by atoms with Crippen LogP contribution >= 0.6 is 0 Å². The molecular formula is C12H12FN3O. The Bertz CT molecular complexity index is 552. The molecule has 17 heavy (non-hydrogen) atoms. The number of benzene rings is 1. The minimum atomic E-state index is -0.349. The summed E-state index contributed by atoms with van der Waals surface area (Å²) in [6, 6.07) is 3.05. The zero-order valence-electron chi connectivity index (χ0n) is 9.40. The van der Waals surface area contributed by atoms with Gasteiger partial charge >= 0.3 is 0 Å². The molecule has 88 valence electrons. The molecule has 1 saturated carbocycles. The Morgan fingerprint density at radius 1 is 1.41 bits per heavy atom. The van der Waals surface area contributed by atoms with Crippen LogP contribution in [0.4, 0.5) is 10.1 Å². The molecule has 1 fully saturated rings. The molecule has 0 spiro atoms. The first-order valence-electron chi connectivity index (χ1n) is 5.55. The van der Waals surface area contributed by atoms with Crippen LogP contribution in [-0.2, 0) is 0 Å². The topological polar surface area (TPSA) is 64.9 Å². The Balaban J connectivity index is 2.01. The van der Waals surface area contributed by atoms with Crippen LogP contribution in [0.15, 0.2) is 16.7 Å². The maximum absolute atomic E-state index is 13.5. The van der Waals surface area contributed by atoms with Crippen molar-refractivity contribution in [2.75, 3.05) is 5.73 Å². The Morgan fingerprint density at radius 2 is 2.18 bits per heavy atom. The highest BCUT2D eigenvalue weighted by Crippen LogP contribution is 2.39. The van der Waals surface area contributed by atoms with Crippen molar-refractivity contribution in [1.82, 2.24) is 10.1 Å². The minimum Gasteiger partial charge on any atom is -0.398 e. The fourth-order valence-electron chi connectivity index (χ4n) is 1.68. The van der Waals surface area contributed by atoms with Gasteiger partial charge in [0.05, 0.1) is 0 Å². The highest BCUT2D eigenvalue weighted by molar-refractivity contribution is 5.63. The van der Waals surface area contributed by atoms with E-state index in [-0.39, 0.29) is 5.82 Å². The Kier molecular flexibility index (Phi) is 2.14. The van der Waals surface area contributed by atoms with Gasteiger partial charge in [0.15, 0.2) is 0 Å². The average molecular weight is 233 g/mol. The van der Waals surface area contributed by atoms with Crippen molar-refractivity contribution in [1.29, 1.82) is 0 Å². The molecule has 0 radical (unpaired) electrons. The zero-order valence-corrected chi connectivity index (χ0v) is 9.40. The van der Waals surface area contributed by atoms with Gasteiger partial charge in [-0.2, -0.15) is 4.98 Å². The van der Waals surface area contributed by atoms with Crippen LogP contribution < -0.4 is 5.73 Å². The molecule has 0 unspecified atom stereocenters. The summed E-state index contributed by atoms with van der Waals surface area (Å²) in [7, 11) is 0. The van der Waals surface area contributed by atoms with Crippen LogP contribution in [-0.4, -0.2) is 10.1 Å². The van der Waals surface area contributed by atoms with Gasteiger partial charge in [-0.3, -0.25) is 0 Å². The summed E-state index contributed by atoms with van der Waals surface area (Å²) in [6.07, 6.45) is 2.18. The van der Waals surface area contributed by atoms with E-state index in [9.17, 15) is 4.39 Å². The van der Waals surface area contributed by atoms with Crippen molar-refractivity contribution in [3.8, 4) is 11.4 Å². The molecule has 1 aromatic carbocycles. The first kappa shape index (κ1) is 10.3. The maximum Gasteiger partial charge on any atom is 0.230 e. The van der Waals surface area contributed by atoms with Gasteiger partial charge < -0.3 is 10.3 Å². The Hall–Kier alpha value is -1.91. The van der Waals surface area contributed by atoms with Crippen molar-refractivity contribution < 1.29 is 8.91 Å². The van der Waals surface area contributed by atoms with Crippen LogP contribution in [0.2, 0.25) is 0 Å². The Labute approximate surface area is 97.6 Å². The van der Waals surface area contributed by atoms with Gasteiger partial charge in [-0.15, -0.1) is 0 Å². The molecule has 2 aromatic rings. The number of nitrogen functional groups attached to an aromatic ring is 1. The van der Waals surface area contributed by atoms with E-state index in [0.29, 0.717) is 34.4 Å². The summed E-state index contributed by atoms with van der Waals surface area (Å²) in [5.74, 6) is 1.08. The molecule has 1 heterocycles. The van der Waals surface area contributed by atoms with E-state index in [1.807, 2.05) is 0 Å². The van der Waals surface area contributed by atoms with Gasteiger partial charge in [0.25, 0.3) is 0 Å². The second kappa shape index (κ2) is 3.55. The minimum absolute atomic E-state index is 0.349. The summed E-state index contributed by atoms with van der Waals surface area (Å²) in [6.45, 7) is 1.64. The van der Waals surface area contributed by atoms with Gasteiger partial charge in [0.1, 0.15) is 5.82 Å². The third-order valence-electron chi connectivity index (χ3n) is 3.01. The zero-order chi connectivity index (χ0) is 12.0. The molecule has 1 aromatic heterocycles. The lowest BCUT2D eigenvalue weighted by Gasteiger charge is -2.03. The molecule has 0 amide bonds. The van der Waals surface area contributed by atoms with E-state index in [1.165, 1.54) is 6.07 Å². The third kappa shape index (κ3) is 1.77. The van der Waals surface area contributed by atoms with Crippen molar-refractivity contribution >= 4 is 5.69 Å². The Morgan fingerprint density at radius 3 is 2.82 bits per heavy atom. The van der Waals surface area contributed by atoms with Crippen LogP contribution in [0.5, 0.6) is 0 Å². The maximum atomic E-state index is 13.5. The van der Waals surface area contributed by atoms with Crippen molar-refractivity contribution in [2.24, 2.45) is 0 Å². The van der Waals surface area contributed by atoms with Crippen LogP contribution in [0.25, 0.3) is 11.4 Å². The second-order valence-electron chi connectivity index (χ2n) is 4.40. The molecular weight excluding hydrogens is 221 g/mol. The predicted molar refractivity (Wildman–Crippen MR) is 60.8 cm³/mol. The van der Waals surface area contributed by atoms with Gasteiger partial charge in [-0.1, -0.05) is 5.16 Å². The van der Waals surface area contributed by atoms with E-state index < -0.39 is 0 Å². The highest BCUT2D eigenvalue weighted by Gasteiger charge is 2.29. The van der Waals surface area contributed by atoms with E-state index >= 15 is 0 Å². The fraction of sp³-hybridized carbons (Fsp3) is 0.333. The molecule has 1 aliphatic rings. The number of hydrogen-bond donors (Lipinski definition) is 1. The van der Waals surface area contributed by atoms with Crippen LogP contribution in [0, 0.1) is 12.7 Å². The van der Waals surface area contributed by atoms with Crippen LogP contribution in [0.3, 0.4) is 0 Å². The van der Waals surface area contributed by atoms with Crippen molar-refractivity contribution in [3.63, 3.8) is 0 Å². The molecule has 0 bridgehead atoms. The van der Waals surface area contributed by atoms with Crippen LogP contribution in [0.1, 0.15) is 30.2 Å². The second-order valence-corrected chi connectivity index (χ2v) is 4.40. The third-order valence-corrected chi connectivity index (χ3v) is 3.01. The summed E-state index contributed by atoms with van der Waals surface area (Å²) in [5.41, 5.74) is 7.11. The van der Waals surface area contributed by atoms with E-state index in [2.05, 4.69) is 10.1 Å². The number of hydrogen-bond acceptors (Lipinski definition) is 4. The number of aromatic nitrogens is 2. The smallest absolute Gasteiger partial charge is 0.230 e. The summed E-state index contributed by atoms with van der Waals surface area (Å²) < 4.78 is 18.7. The van der Waals surface area contributed by atoms with Crippen molar-refractivity contribution in [2.45, 2.75) is 25.7 Å². The average Bonchev–Trinajstić information content (AvgIpc) is 3.04. The molecule has 0 aliphatic heterocycles. The van der Waals surface area contributed by atoms with Crippen molar-refractivity contribution in [3.05, 3.63) is 29.4 Å². The number of rotatable bonds is 2. The lowest BCUT2D eigenvalue weighted by molar-refractivity contribution is 0.380. The predicted octanol–water partition coefficient (Wildman–Crippen LogP) is 2.64. The standard InChI is InChI=1S/C12H12FN3O/c1-6-9(13)4-8(5-10(6)14)11-15-12(17-16-11)7-2-3-7/h4-5,7H,2-3,14H2,1H3. The normalized spacial score (nSPS) is 15.2. The van der Waals surface area contributed by atoms with Gasteiger partial charge in [-0.05, 0) is 31.9 Å². The first-order valence-corrected chi connectivity index (χ1v) is 5.55. The number of nitrogens with zero attached hydrogens (tertiary/aromatic N) is 2. The number of nitrogens with two attached hydrogens (primary N) is 1. The molecule has 3 rings (SSSR count). The molecule has 0 atom stereocenters. The van der Waals surface area contributed by atoms with E-state index in [1.54, 1.807) is 13.0 Å². The molecule has 0 saturated heterocycles. The summed E-state index contributed by atoms with van der Waals surface area (Å²) >= 11 is 0. The molecule has 4 nitrogen and oxygen atoms in total. The molecule has 5 heteroatoms. The largest absolute Gasteiger partial charge is 0.398 e. The van der Waals surface area contributed by atoms with Gasteiger partial charge in [-0.25, -0.2) is 4.39 Å². The number of halogens is 1. The lowest BCUT2D eigenvalue weighted by atomic mass is 10.1. The first-order chi connectivity index (χ1) is 8.15. The SMILES string of the molecule is Cc1c(N)cc(-c2noc(C3CC3)n2)cc1F. The lowest BCUT2D eigenvalue weighted by Crippen LogP contribution is -1.95. The highest BCUT2D eigenvalue weighted by atomic mass is 19.1. The number of anilines is 1.